The fraction of sp³-hybridized carbons (Fsp3) is 0.522. The highest BCUT2D eigenvalue weighted by Crippen LogP contribution is 2.38. The van der Waals surface area contributed by atoms with Gasteiger partial charge in [0.05, 0.1) is 30.5 Å². The van der Waals surface area contributed by atoms with E-state index in [0.29, 0.717) is 31.7 Å². The van der Waals surface area contributed by atoms with Crippen LogP contribution in [-0.2, 0) is 20.9 Å². The molecule has 0 aromatic heterocycles. The number of rotatable bonds is 5. The van der Waals surface area contributed by atoms with Gasteiger partial charge in [-0.05, 0) is 53.1 Å². The molecule has 1 aromatic carbocycles. The summed E-state index contributed by atoms with van der Waals surface area (Å²) in [5, 5.41) is 5.93. The van der Waals surface area contributed by atoms with Crippen molar-refractivity contribution in [3.05, 3.63) is 26.8 Å². The van der Waals surface area contributed by atoms with Crippen LogP contribution in [0.1, 0.15) is 49.0 Å². The highest BCUT2D eigenvalue weighted by molar-refractivity contribution is 14.1. The number of aliphatic imine (C=N–C) groups is 2. The summed E-state index contributed by atoms with van der Waals surface area (Å²) in [5.74, 6) is -1.42. The lowest BCUT2D eigenvalue weighted by atomic mass is 9.96. The largest absolute Gasteiger partial charge is 0.374 e. The zero-order valence-electron chi connectivity index (χ0n) is 18.6. The Bertz CT molecular complexity index is 1100. The van der Waals surface area contributed by atoms with Crippen molar-refractivity contribution in [2.75, 3.05) is 18.5 Å². The number of amides is 3. The Labute approximate surface area is 205 Å². The monoisotopic (exact) mass is 563 g/mol. The van der Waals surface area contributed by atoms with Gasteiger partial charge >= 0.3 is 0 Å². The molecule has 0 aliphatic carbocycles. The maximum atomic E-state index is 13.1. The average molecular weight is 563 g/mol. The molecule has 5 rings (SSSR count). The van der Waals surface area contributed by atoms with Crippen LogP contribution in [-0.4, -0.2) is 59.6 Å². The zero-order valence-corrected chi connectivity index (χ0v) is 20.7. The number of nitrogens with zero attached hydrogens (tertiary/aromatic N) is 3. The van der Waals surface area contributed by atoms with E-state index in [0.717, 1.165) is 27.0 Å². The summed E-state index contributed by atoms with van der Waals surface area (Å²) in [7, 11) is 0. The summed E-state index contributed by atoms with van der Waals surface area (Å²) in [4.78, 5) is 48.4. The van der Waals surface area contributed by atoms with Crippen LogP contribution in [0.3, 0.4) is 0 Å². The lowest BCUT2D eigenvalue weighted by Crippen LogP contribution is -2.52. The average Bonchev–Trinajstić information content (AvgIpc) is 3.39. The first-order chi connectivity index (χ1) is 15.8. The molecule has 2 fully saturated rings. The molecule has 33 heavy (non-hydrogen) atoms. The van der Waals surface area contributed by atoms with Crippen LogP contribution in [0.25, 0.3) is 0 Å². The molecule has 1 aromatic rings. The van der Waals surface area contributed by atoms with Gasteiger partial charge < -0.3 is 15.0 Å². The number of anilines is 1. The van der Waals surface area contributed by atoms with Gasteiger partial charge in [-0.15, -0.1) is 0 Å². The molecule has 3 amide bonds. The number of imide groups is 1. The van der Waals surface area contributed by atoms with Crippen LogP contribution in [0.4, 0.5) is 5.69 Å². The Morgan fingerprint density at radius 3 is 2.94 bits per heavy atom. The van der Waals surface area contributed by atoms with Crippen molar-refractivity contribution in [2.24, 2.45) is 21.8 Å². The molecule has 174 valence electrons. The van der Waals surface area contributed by atoms with E-state index in [9.17, 15) is 14.4 Å². The molecule has 0 radical (unpaired) electrons. The molecule has 4 aliphatic rings. The number of piperidine rings is 1. The highest BCUT2D eigenvalue weighted by atomic mass is 127. The summed E-state index contributed by atoms with van der Waals surface area (Å²) < 4.78 is 6.49. The van der Waals surface area contributed by atoms with E-state index < -0.39 is 17.7 Å². The van der Waals surface area contributed by atoms with Crippen LogP contribution >= 0.6 is 22.6 Å². The number of hydrogen-bond acceptors (Lipinski definition) is 7. The number of halogens is 1. The Morgan fingerprint density at radius 1 is 1.36 bits per heavy atom. The molecule has 2 N–H and O–H groups in total. The van der Waals surface area contributed by atoms with Crippen molar-refractivity contribution in [1.82, 2.24) is 10.2 Å². The van der Waals surface area contributed by atoms with Crippen molar-refractivity contribution in [3.8, 4) is 0 Å². The van der Waals surface area contributed by atoms with Gasteiger partial charge in [0.15, 0.2) is 0 Å². The molecular formula is C23H26IN5O4. The highest BCUT2D eigenvalue weighted by Gasteiger charge is 2.43. The molecule has 2 saturated heterocycles. The molecule has 0 spiro atoms. The van der Waals surface area contributed by atoms with Crippen LogP contribution in [0.5, 0.6) is 0 Å². The quantitative estimate of drug-likeness (QED) is 0.422. The smallest absolute Gasteiger partial charge is 0.255 e. The van der Waals surface area contributed by atoms with Crippen LogP contribution < -0.4 is 10.6 Å². The number of carbonyl (C=O) groups is 3. The standard InChI is InChI=1S/C23H26IN5O4/c1-3-12(2)23(25-8-13-10-33-11-17(13)28-23)27-16-5-4-14-15(20(16)24)9-29(22(14)32)18-6-7-19(30)26-21(18)31/h4-5,8,12-13,18,27H,3,6-7,9-11H2,1-2H3,(H,26,30,31). The SMILES string of the molecule is CCC(C)C1(Nc2ccc3c(c2I)CN(C2CCC(=O)NC2=O)C3=O)N=CC2COCC2=N1. The lowest BCUT2D eigenvalue weighted by Gasteiger charge is -2.36. The Kier molecular flexibility index (Phi) is 5.76. The van der Waals surface area contributed by atoms with Gasteiger partial charge in [-0.1, -0.05) is 13.8 Å². The molecule has 4 unspecified atom stereocenters. The number of hydrogen-bond donors (Lipinski definition) is 2. The second kappa shape index (κ2) is 8.46. The van der Waals surface area contributed by atoms with Gasteiger partial charge in [-0.25, -0.2) is 9.98 Å². The summed E-state index contributed by atoms with van der Waals surface area (Å²) in [6.45, 7) is 5.71. The van der Waals surface area contributed by atoms with E-state index in [1.54, 1.807) is 11.0 Å². The Hall–Kier alpha value is -2.34. The predicted molar refractivity (Wildman–Crippen MR) is 131 cm³/mol. The van der Waals surface area contributed by atoms with E-state index in [1.165, 1.54) is 0 Å². The van der Waals surface area contributed by atoms with Crippen molar-refractivity contribution >= 4 is 57.9 Å². The third kappa shape index (κ3) is 3.76. The van der Waals surface area contributed by atoms with E-state index in [4.69, 9.17) is 14.7 Å². The first-order valence-corrected chi connectivity index (χ1v) is 12.4. The van der Waals surface area contributed by atoms with Crippen LogP contribution in [0.15, 0.2) is 22.1 Å². The summed E-state index contributed by atoms with van der Waals surface area (Å²) in [6.07, 6.45) is 3.42. The summed E-state index contributed by atoms with van der Waals surface area (Å²) in [5.41, 5.74) is 3.33. The van der Waals surface area contributed by atoms with E-state index >= 15 is 0 Å². The van der Waals surface area contributed by atoms with Gasteiger partial charge in [0, 0.05) is 34.2 Å². The fourth-order valence-corrected chi connectivity index (χ4v) is 5.57. The molecule has 0 saturated carbocycles. The number of fused-ring (bicyclic) bond motifs is 2. The Morgan fingerprint density at radius 2 is 2.18 bits per heavy atom. The van der Waals surface area contributed by atoms with Crippen molar-refractivity contribution in [2.45, 2.75) is 51.5 Å². The third-order valence-corrected chi connectivity index (χ3v) is 8.24. The van der Waals surface area contributed by atoms with Gasteiger partial charge in [0.2, 0.25) is 17.6 Å². The van der Waals surface area contributed by atoms with Crippen LogP contribution in [0.2, 0.25) is 0 Å². The molecule has 4 aliphatic heterocycles. The molecule has 0 bridgehead atoms. The third-order valence-electron chi connectivity index (χ3n) is 7.01. The predicted octanol–water partition coefficient (Wildman–Crippen LogP) is 2.34. The van der Waals surface area contributed by atoms with Gasteiger partial charge in [-0.2, -0.15) is 0 Å². The normalized spacial score (nSPS) is 29.5. The van der Waals surface area contributed by atoms with E-state index in [-0.39, 0.29) is 30.1 Å². The van der Waals surface area contributed by atoms with Crippen LogP contribution in [0, 0.1) is 15.4 Å². The second-order valence-electron chi connectivity index (χ2n) is 9.02. The second-order valence-corrected chi connectivity index (χ2v) is 10.1. The van der Waals surface area contributed by atoms with Crippen molar-refractivity contribution in [1.29, 1.82) is 0 Å². The molecule has 10 heteroatoms. The number of carbonyl (C=O) groups excluding carboxylic acids is 3. The number of nitrogens with one attached hydrogen (secondary N) is 2. The van der Waals surface area contributed by atoms with E-state index in [2.05, 4.69) is 47.1 Å². The molecule has 9 nitrogen and oxygen atoms in total. The summed E-state index contributed by atoms with van der Waals surface area (Å²) in [6, 6.07) is 3.07. The number of ether oxygens (including phenoxy) is 1. The molecular weight excluding hydrogens is 537 g/mol. The first kappa shape index (κ1) is 22.5. The minimum absolute atomic E-state index is 0.133. The minimum atomic E-state index is -0.825. The van der Waals surface area contributed by atoms with Gasteiger partial charge in [0.25, 0.3) is 5.91 Å². The van der Waals surface area contributed by atoms with E-state index in [1.807, 2.05) is 12.3 Å². The molecule has 4 heterocycles. The topological polar surface area (TPSA) is 112 Å². The fourth-order valence-electron chi connectivity index (χ4n) is 4.79. The zero-order chi connectivity index (χ0) is 23.3. The summed E-state index contributed by atoms with van der Waals surface area (Å²) >= 11 is 2.25. The number of benzene rings is 1. The van der Waals surface area contributed by atoms with Gasteiger partial charge in [0.1, 0.15) is 6.04 Å². The minimum Gasteiger partial charge on any atom is -0.374 e. The van der Waals surface area contributed by atoms with Crippen molar-refractivity contribution < 1.29 is 19.1 Å². The Balaban J connectivity index is 1.45. The van der Waals surface area contributed by atoms with Gasteiger partial charge in [-0.3, -0.25) is 19.7 Å². The maximum absolute atomic E-state index is 13.1. The maximum Gasteiger partial charge on any atom is 0.255 e. The van der Waals surface area contributed by atoms with Crippen molar-refractivity contribution in [3.63, 3.8) is 0 Å². The molecule has 4 atom stereocenters. The lowest BCUT2D eigenvalue weighted by molar-refractivity contribution is -0.136. The first-order valence-electron chi connectivity index (χ1n) is 11.3.